The first-order chi connectivity index (χ1) is 7.90. The smallest absolute Gasteiger partial charge is 0.0428 e. The molecule has 17 heavy (non-hydrogen) atoms. The van der Waals surface area contributed by atoms with Crippen LogP contribution in [-0.4, -0.2) is 0 Å². The number of hydrogen-bond donors (Lipinski definition) is 0. The molecule has 2 atom stereocenters. The summed E-state index contributed by atoms with van der Waals surface area (Å²) < 4.78 is 0. The van der Waals surface area contributed by atoms with Crippen LogP contribution in [0.15, 0.2) is 24.3 Å². The van der Waals surface area contributed by atoms with Gasteiger partial charge in [0.1, 0.15) is 0 Å². The van der Waals surface area contributed by atoms with E-state index in [9.17, 15) is 0 Å². The molecule has 1 fully saturated rings. The van der Waals surface area contributed by atoms with Gasteiger partial charge in [0, 0.05) is 4.83 Å². The van der Waals surface area contributed by atoms with Gasteiger partial charge in [0.25, 0.3) is 0 Å². The maximum Gasteiger partial charge on any atom is 0.0428 e. The predicted octanol–water partition coefficient (Wildman–Crippen LogP) is 5.37. The molecule has 0 saturated heterocycles. The van der Waals surface area contributed by atoms with Gasteiger partial charge in [-0.2, -0.15) is 0 Å². The van der Waals surface area contributed by atoms with E-state index in [2.05, 4.69) is 67.9 Å². The zero-order valence-corrected chi connectivity index (χ0v) is 12.9. The van der Waals surface area contributed by atoms with Crippen molar-refractivity contribution in [2.75, 3.05) is 0 Å². The Bertz CT molecular complexity index is 375. The van der Waals surface area contributed by atoms with Crippen molar-refractivity contribution in [3.63, 3.8) is 0 Å². The molecule has 0 radical (unpaired) electrons. The molecule has 0 amide bonds. The van der Waals surface area contributed by atoms with Gasteiger partial charge in [-0.1, -0.05) is 67.9 Å². The Morgan fingerprint density at radius 3 is 2.18 bits per heavy atom. The minimum absolute atomic E-state index is 0.533. The van der Waals surface area contributed by atoms with Gasteiger partial charge in [-0.15, -0.1) is 0 Å². The molecular formula is C16H23Br. The van der Waals surface area contributed by atoms with Gasteiger partial charge in [0.05, 0.1) is 0 Å². The van der Waals surface area contributed by atoms with Crippen molar-refractivity contribution in [3.05, 3.63) is 35.4 Å². The Kier molecular flexibility index (Phi) is 3.68. The van der Waals surface area contributed by atoms with E-state index in [1.807, 2.05) is 0 Å². The van der Waals surface area contributed by atoms with E-state index in [0.717, 1.165) is 11.8 Å². The molecule has 1 aromatic rings. The molecule has 1 aromatic carbocycles. The second-order valence-corrected chi connectivity index (χ2v) is 7.53. The predicted molar refractivity (Wildman–Crippen MR) is 78.5 cm³/mol. The van der Waals surface area contributed by atoms with Crippen LogP contribution < -0.4 is 0 Å². The molecule has 2 rings (SSSR count). The van der Waals surface area contributed by atoms with Crippen molar-refractivity contribution in [3.8, 4) is 0 Å². The van der Waals surface area contributed by atoms with Crippen molar-refractivity contribution in [2.45, 2.75) is 45.4 Å². The highest BCUT2D eigenvalue weighted by atomic mass is 79.9. The third kappa shape index (κ3) is 3.13. The second-order valence-electron chi connectivity index (χ2n) is 6.54. The maximum absolute atomic E-state index is 3.86. The van der Waals surface area contributed by atoms with Gasteiger partial charge in [-0.25, -0.2) is 0 Å². The number of hydrogen-bond acceptors (Lipinski definition) is 0. The van der Waals surface area contributed by atoms with Crippen LogP contribution in [0.1, 0.15) is 50.1 Å². The van der Waals surface area contributed by atoms with Gasteiger partial charge in [-0.3, -0.25) is 0 Å². The minimum atomic E-state index is 0.533. The highest BCUT2D eigenvalue weighted by Crippen LogP contribution is 2.60. The summed E-state index contributed by atoms with van der Waals surface area (Å²) in [7, 11) is 0. The Morgan fingerprint density at radius 2 is 1.76 bits per heavy atom. The fraction of sp³-hybridized carbons (Fsp3) is 0.625. The molecule has 0 nitrogen and oxygen atoms in total. The molecule has 0 heterocycles. The SMILES string of the molecule is CC(C)Cc1ccc(C(Br)C2CC2(C)C)cc1. The van der Waals surface area contributed by atoms with E-state index in [1.165, 1.54) is 24.0 Å². The zero-order valence-electron chi connectivity index (χ0n) is 11.3. The minimum Gasteiger partial charge on any atom is -0.0836 e. The zero-order chi connectivity index (χ0) is 12.6. The van der Waals surface area contributed by atoms with Gasteiger partial charge in [0.15, 0.2) is 0 Å². The van der Waals surface area contributed by atoms with E-state index < -0.39 is 0 Å². The largest absolute Gasteiger partial charge is 0.0836 e. The molecule has 94 valence electrons. The lowest BCUT2D eigenvalue weighted by Gasteiger charge is -2.13. The van der Waals surface area contributed by atoms with Crippen LogP contribution in [0.4, 0.5) is 0 Å². The summed E-state index contributed by atoms with van der Waals surface area (Å²) in [5.41, 5.74) is 3.43. The quantitative estimate of drug-likeness (QED) is 0.655. The molecule has 0 N–H and O–H groups in total. The molecule has 1 saturated carbocycles. The summed E-state index contributed by atoms with van der Waals surface area (Å²) in [4.78, 5) is 0.533. The fourth-order valence-electron chi connectivity index (χ4n) is 2.55. The van der Waals surface area contributed by atoms with E-state index in [1.54, 1.807) is 0 Å². The standard InChI is InChI=1S/C16H23Br/c1-11(2)9-12-5-7-13(8-6-12)15(17)14-10-16(14,3)4/h5-8,11,14-15H,9-10H2,1-4H3. The maximum atomic E-state index is 3.86. The van der Waals surface area contributed by atoms with Crippen LogP contribution in [0.3, 0.4) is 0 Å². The second kappa shape index (κ2) is 4.76. The normalized spacial score (nSPS) is 23.8. The van der Waals surface area contributed by atoms with Gasteiger partial charge in [-0.05, 0) is 41.2 Å². The number of rotatable bonds is 4. The molecule has 0 bridgehead atoms. The third-order valence-corrected chi connectivity index (χ3v) is 5.05. The number of alkyl halides is 1. The van der Waals surface area contributed by atoms with Gasteiger partial charge in [0.2, 0.25) is 0 Å². The van der Waals surface area contributed by atoms with E-state index in [4.69, 9.17) is 0 Å². The van der Waals surface area contributed by atoms with Crippen LogP contribution in [-0.2, 0) is 6.42 Å². The lowest BCUT2D eigenvalue weighted by molar-refractivity contribution is 0.555. The molecule has 1 aliphatic rings. The first-order valence-corrected chi connectivity index (χ1v) is 7.54. The summed E-state index contributed by atoms with van der Waals surface area (Å²) >= 11 is 3.86. The molecule has 0 spiro atoms. The number of benzene rings is 1. The molecule has 1 heteroatoms. The van der Waals surface area contributed by atoms with Gasteiger partial charge >= 0.3 is 0 Å². The van der Waals surface area contributed by atoms with E-state index >= 15 is 0 Å². The van der Waals surface area contributed by atoms with Crippen molar-refractivity contribution >= 4 is 15.9 Å². The van der Waals surface area contributed by atoms with Crippen LogP contribution in [0.5, 0.6) is 0 Å². The highest BCUT2D eigenvalue weighted by molar-refractivity contribution is 9.09. The number of halogens is 1. The topological polar surface area (TPSA) is 0 Å². The fourth-order valence-corrected chi connectivity index (χ4v) is 3.76. The van der Waals surface area contributed by atoms with Crippen LogP contribution >= 0.6 is 15.9 Å². The average molecular weight is 295 g/mol. The van der Waals surface area contributed by atoms with Crippen molar-refractivity contribution in [1.29, 1.82) is 0 Å². The Balaban J connectivity index is 2.03. The Hall–Kier alpha value is -0.300. The van der Waals surface area contributed by atoms with Crippen LogP contribution in [0.2, 0.25) is 0 Å². The summed E-state index contributed by atoms with van der Waals surface area (Å²) in [6.07, 6.45) is 2.53. The molecule has 2 unspecified atom stereocenters. The Labute approximate surface area is 114 Å². The summed E-state index contributed by atoms with van der Waals surface area (Å²) in [5.74, 6) is 1.54. The molecule has 1 aliphatic carbocycles. The van der Waals surface area contributed by atoms with Crippen molar-refractivity contribution in [1.82, 2.24) is 0 Å². The summed E-state index contributed by atoms with van der Waals surface area (Å²) in [5, 5.41) is 0. The van der Waals surface area contributed by atoms with E-state index in [-0.39, 0.29) is 0 Å². The van der Waals surface area contributed by atoms with Crippen molar-refractivity contribution in [2.24, 2.45) is 17.3 Å². The van der Waals surface area contributed by atoms with Crippen LogP contribution in [0.25, 0.3) is 0 Å². The monoisotopic (exact) mass is 294 g/mol. The van der Waals surface area contributed by atoms with Crippen molar-refractivity contribution < 1.29 is 0 Å². The Morgan fingerprint density at radius 1 is 1.24 bits per heavy atom. The molecular weight excluding hydrogens is 272 g/mol. The first kappa shape index (κ1) is 13.1. The third-order valence-electron chi connectivity index (χ3n) is 3.89. The lowest BCUT2D eigenvalue weighted by atomic mass is 9.98. The molecule has 0 aromatic heterocycles. The first-order valence-electron chi connectivity index (χ1n) is 6.63. The van der Waals surface area contributed by atoms with Crippen LogP contribution in [0, 0.1) is 17.3 Å². The highest BCUT2D eigenvalue weighted by Gasteiger charge is 2.49. The summed E-state index contributed by atoms with van der Waals surface area (Å²) in [6.45, 7) is 9.26. The lowest BCUT2D eigenvalue weighted by Crippen LogP contribution is -2.00. The molecule has 0 aliphatic heterocycles. The average Bonchev–Trinajstić information content (AvgIpc) is 2.87. The van der Waals surface area contributed by atoms with E-state index in [0.29, 0.717) is 10.2 Å². The summed E-state index contributed by atoms with van der Waals surface area (Å²) in [6, 6.07) is 9.18. The van der Waals surface area contributed by atoms with Gasteiger partial charge < -0.3 is 0 Å².